The molecular weight excluding hydrogens is 255 g/mol. The topological polar surface area (TPSA) is 43.1 Å². The van der Waals surface area contributed by atoms with Gasteiger partial charge in [-0.15, -0.1) is 0 Å². The monoisotopic (exact) mass is 273 g/mol. The predicted octanol–water partition coefficient (Wildman–Crippen LogP) is 3.57. The fourth-order valence-corrected chi connectivity index (χ4v) is 1.81. The summed E-state index contributed by atoms with van der Waals surface area (Å²) in [7, 11) is 0. The molecule has 0 heterocycles. The highest BCUT2D eigenvalue weighted by Crippen LogP contribution is 2.30. The summed E-state index contributed by atoms with van der Waals surface area (Å²) in [5.74, 6) is -0.310. The number of hydrogen-bond donors (Lipinski definition) is 1. The molecule has 106 valence electrons. The highest BCUT2D eigenvalue weighted by molar-refractivity contribution is 6.01. The number of hydrogen-bond acceptors (Lipinski definition) is 2. The Hall–Kier alpha value is -1.36. The van der Waals surface area contributed by atoms with Gasteiger partial charge in [-0.2, -0.15) is 13.2 Å². The number of aryl methyl sites for hydroxylation is 1. The molecule has 0 saturated carbocycles. The Labute approximate surface area is 110 Å². The molecular formula is C14H18F3NO. The van der Waals surface area contributed by atoms with Gasteiger partial charge in [0.15, 0.2) is 5.78 Å². The van der Waals surface area contributed by atoms with E-state index in [2.05, 4.69) is 0 Å². The van der Waals surface area contributed by atoms with Gasteiger partial charge in [-0.3, -0.25) is 4.79 Å². The van der Waals surface area contributed by atoms with Crippen LogP contribution in [0.4, 0.5) is 13.2 Å². The molecule has 0 aliphatic rings. The smallest absolute Gasteiger partial charge is 0.321 e. The molecule has 2 unspecified atom stereocenters. The largest absolute Gasteiger partial charge is 0.416 e. The molecule has 0 radical (unpaired) electrons. The summed E-state index contributed by atoms with van der Waals surface area (Å²) >= 11 is 0. The van der Waals surface area contributed by atoms with E-state index in [1.807, 2.05) is 13.8 Å². The second-order valence-electron chi connectivity index (χ2n) is 4.80. The van der Waals surface area contributed by atoms with Crippen LogP contribution in [0.3, 0.4) is 0 Å². The number of benzene rings is 1. The maximum atomic E-state index is 12.5. The summed E-state index contributed by atoms with van der Waals surface area (Å²) in [4.78, 5) is 12.1. The molecule has 0 aliphatic carbocycles. The van der Waals surface area contributed by atoms with Crippen molar-refractivity contribution >= 4 is 5.78 Å². The number of alkyl halides is 3. The Kier molecular flexibility index (Phi) is 4.74. The Bertz CT molecular complexity index is 468. The summed E-state index contributed by atoms with van der Waals surface area (Å²) in [5.41, 5.74) is 5.64. The Balaban J connectivity index is 3.07. The van der Waals surface area contributed by atoms with Gasteiger partial charge in [-0.25, -0.2) is 0 Å². The lowest BCUT2D eigenvalue weighted by molar-refractivity contribution is -0.137. The number of carbonyl (C=O) groups excluding carboxylic acids is 1. The van der Waals surface area contributed by atoms with Gasteiger partial charge in [-0.1, -0.05) is 26.3 Å². The molecule has 0 aliphatic heterocycles. The van der Waals surface area contributed by atoms with Gasteiger partial charge in [0, 0.05) is 5.56 Å². The molecule has 0 bridgehead atoms. The van der Waals surface area contributed by atoms with Crippen LogP contribution in [0.2, 0.25) is 0 Å². The quantitative estimate of drug-likeness (QED) is 0.852. The fourth-order valence-electron chi connectivity index (χ4n) is 1.81. The van der Waals surface area contributed by atoms with Crippen molar-refractivity contribution in [3.05, 3.63) is 34.9 Å². The van der Waals surface area contributed by atoms with Gasteiger partial charge in [0.25, 0.3) is 0 Å². The number of rotatable bonds is 4. The van der Waals surface area contributed by atoms with Crippen molar-refractivity contribution in [3.8, 4) is 0 Å². The molecule has 2 N–H and O–H groups in total. The number of ketones is 1. The van der Waals surface area contributed by atoms with Crippen LogP contribution in [0.25, 0.3) is 0 Å². The van der Waals surface area contributed by atoms with Crippen LogP contribution < -0.4 is 5.73 Å². The van der Waals surface area contributed by atoms with E-state index in [4.69, 9.17) is 5.73 Å². The van der Waals surface area contributed by atoms with Crippen molar-refractivity contribution < 1.29 is 18.0 Å². The number of Topliss-reactive ketones (excluding diaryl/α,β-unsaturated/α-hetero) is 1. The summed E-state index contributed by atoms with van der Waals surface area (Å²) in [6, 6.07) is 2.43. The first-order valence-electron chi connectivity index (χ1n) is 6.16. The minimum Gasteiger partial charge on any atom is -0.321 e. The van der Waals surface area contributed by atoms with Crippen LogP contribution in [0.1, 0.15) is 41.8 Å². The molecule has 5 heteroatoms. The molecule has 2 atom stereocenters. The lowest BCUT2D eigenvalue weighted by Crippen LogP contribution is -2.37. The molecule has 1 aromatic rings. The minimum absolute atomic E-state index is 0.00538. The zero-order chi connectivity index (χ0) is 14.8. The molecule has 1 aromatic carbocycles. The second kappa shape index (κ2) is 5.74. The highest BCUT2D eigenvalue weighted by atomic mass is 19.4. The molecule has 2 nitrogen and oxygen atoms in total. The van der Waals surface area contributed by atoms with Gasteiger partial charge in [0.2, 0.25) is 0 Å². The zero-order valence-electron chi connectivity index (χ0n) is 11.2. The molecule has 0 spiro atoms. The first-order valence-corrected chi connectivity index (χ1v) is 6.16. The van der Waals surface area contributed by atoms with E-state index < -0.39 is 17.8 Å². The first-order chi connectivity index (χ1) is 8.68. The lowest BCUT2D eigenvalue weighted by atomic mass is 9.90. The molecule has 0 aromatic heterocycles. The summed E-state index contributed by atoms with van der Waals surface area (Å²) in [6.07, 6.45) is -3.66. The Morgan fingerprint density at radius 3 is 2.37 bits per heavy atom. The molecule has 0 fully saturated rings. The van der Waals surface area contributed by atoms with Crippen LogP contribution >= 0.6 is 0 Å². The molecule has 0 amide bonds. The van der Waals surface area contributed by atoms with E-state index in [-0.39, 0.29) is 17.3 Å². The van der Waals surface area contributed by atoms with E-state index in [1.54, 1.807) is 0 Å². The first kappa shape index (κ1) is 15.7. The maximum absolute atomic E-state index is 12.5. The fraction of sp³-hybridized carbons (Fsp3) is 0.500. The SMILES string of the molecule is CCC(C)C(N)C(=O)c1ccc(C(F)(F)F)cc1C. The molecule has 0 saturated heterocycles. The zero-order valence-corrected chi connectivity index (χ0v) is 11.2. The summed E-state index contributed by atoms with van der Waals surface area (Å²) in [6.45, 7) is 5.26. The minimum atomic E-state index is -4.40. The molecule has 1 rings (SSSR count). The van der Waals surface area contributed by atoms with Crippen molar-refractivity contribution in [2.24, 2.45) is 11.7 Å². The van der Waals surface area contributed by atoms with Crippen molar-refractivity contribution in [1.29, 1.82) is 0 Å². The van der Waals surface area contributed by atoms with Gasteiger partial charge in [-0.05, 0) is 30.5 Å². The van der Waals surface area contributed by atoms with E-state index >= 15 is 0 Å². The third-order valence-electron chi connectivity index (χ3n) is 3.38. The lowest BCUT2D eigenvalue weighted by Gasteiger charge is -2.18. The maximum Gasteiger partial charge on any atom is 0.416 e. The van der Waals surface area contributed by atoms with Crippen molar-refractivity contribution in [1.82, 2.24) is 0 Å². The third-order valence-corrected chi connectivity index (χ3v) is 3.38. The van der Waals surface area contributed by atoms with Crippen LogP contribution in [-0.2, 0) is 6.18 Å². The highest BCUT2D eigenvalue weighted by Gasteiger charge is 2.31. The van der Waals surface area contributed by atoms with E-state index in [1.165, 1.54) is 13.0 Å². The summed E-state index contributed by atoms with van der Waals surface area (Å²) < 4.78 is 37.6. The average molecular weight is 273 g/mol. The van der Waals surface area contributed by atoms with Gasteiger partial charge in [0.1, 0.15) is 0 Å². The van der Waals surface area contributed by atoms with Crippen molar-refractivity contribution in [2.75, 3.05) is 0 Å². The van der Waals surface area contributed by atoms with Gasteiger partial charge in [0.05, 0.1) is 11.6 Å². The normalized spacial score (nSPS) is 15.1. The van der Waals surface area contributed by atoms with E-state index in [0.717, 1.165) is 18.6 Å². The van der Waals surface area contributed by atoms with Crippen LogP contribution in [-0.4, -0.2) is 11.8 Å². The van der Waals surface area contributed by atoms with E-state index in [0.29, 0.717) is 5.56 Å². The predicted molar refractivity (Wildman–Crippen MR) is 67.9 cm³/mol. The van der Waals surface area contributed by atoms with Crippen LogP contribution in [0, 0.1) is 12.8 Å². The Morgan fingerprint density at radius 1 is 1.37 bits per heavy atom. The molecule has 19 heavy (non-hydrogen) atoms. The van der Waals surface area contributed by atoms with Gasteiger partial charge < -0.3 is 5.73 Å². The number of nitrogens with two attached hydrogens (primary N) is 1. The van der Waals surface area contributed by atoms with Crippen LogP contribution in [0.5, 0.6) is 0 Å². The van der Waals surface area contributed by atoms with Crippen molar-refractivity contribution in [3.63, 3.8) is 0 Å². The Morgan fingerprint density at radius 2 is 1.95 bits per heavy atom. The number of carbonyl (C=O) groups is 1. The average Bonchev–Trinajstić information content (AvgIpc) is 2.34. The standard InChI is InChI=1S/C14H18F3NO/c1-4-8(2)12(18)13(19)11-6-5-10(7-9(11)3)14(15,16)17/h5-8,12H,4,18H2,1-3H3. The van der Waals surface area contributed by atoms with E-state index in [9.17, 15) is 18.0 Å². The number of halogens is 3. The summed E-state index contributed by atoms with van der Waals surface area (Å²) in [5, 5.41) is 0. The van der Waals surface area contributed by atoms with Crippen molar-refractivity contribution in [2.45, 2.75) is 39.4 Å². The third kappa shape index (κ3) is 3.56. The van der Waals surface area contributed by atoms with Gasteiger partial charge >= 0.3 is 6.18 Å². The second-order valence-corrected chi connectivity index (χ2v) is 4.80. The van der Waals surface area contributed by atoms with Crippen LogP contribution in [0.15, 0.2) is 18.2 Å².